The summed E-state index contributed by atoms with van der Waals surface area (Å²) >= 11 is 0. The lowest BCUT2D eigenvalue weighted by Crippen LogP contribution is -3.05. The van der Waals surface area contributed by atoms with Crippen molar-refractivity contribution >= 4 is 5.91 Å². The normalized spacial score (nSPS) is 11.0. The summed E-state index contributed by atoms with van der Waals surface area (Å²) in [6.07, 6.45) is 19.5. The minimum Gasteiger partial charge on any atom is -1.00 e. The Morgan fingerprint density at radius 1 is 0.741 bits per heavy atom. The van der Waals surface area contributed by atoms with Crippen LogP contribution < -0.4 is 22.6 Å². The molecule has 3 nitrogen and oxygen atoms in total. The van der Waals surface area contributed by atoms with Crippen LogP contribution in [-0.2, 0) is 4.79 Å². The summed E-state index contributed by atoms with van der Waals surface area (Å²) in [7, 11) is 4.30. The quantitative estimate of drug-likeness (QED) is 0.316. The van der Waals surface area contributed by atoms with Crippen molar-refractivity contribution < 1.29 is 22.1 Å². The fourth-order valence-corrected chi connectivity index (χ4v) is 3.36. The van der Waals surface area contributed by atoms with Crippen molar-refractivity contribution in [2.45, 2.75) is 110 Å². The van der Waals surface area contributed by atoms with Crippen molar-refractivity contribution in [1.29, 1.82) is 0 Å². The molecule has 0 heterocycles. The van der Waals surface area contributed by atoms with E-state index in [1.54, 1.807) is 0 Å². The van der Waals surface area contributed by atoms with Crippen LogP contribution in [0.4, 0.5) is 0 Å². The van der Waals surface area contributed by atoms with Crippen LogP contribution >= 0.6 is 0 Å². The Kier molecular flexibility index (Phi) is 23.6. The highest BCUT2D eigenvalue weighted by Crippen LogP contribution is 2.14. The van der Waals surface area contributed by atoms with Crippen LogP contribution in [0.25, 0.3) is 0 Å². The molecular formula is C23H49ClN2O. The van der Waals surface area contributed by atoms with E-state index in [0.29, 0.717) is 6.42 Å². The van der Waals surface area contributed by atoms with Crippen molar-refractivity contribution in [1.82, 2.24) is 5.32 Å². The van der Waals surface area contributed by atoms with Crippen molar-refractivity contribution in [3.05, 3.63) is 0 Å². The molecule has 0 aliphatic heterocycles. The monoisotopic (exact) mass is 404 g/mol. The van der Waals surface area contributed by atoms with Crippen LogP contribution in [0.3, 0.4) is 0 Å². The number of hydrogen-bond acceptors (Lipinski definition) is 1. The zero-order valence-electron chi connectivity index (χ0n) is 18.9. The molecule has 0 aromatic heterocycles. The second-order valence-electron chi connectivity index (χ2n) is 8.84. The molecule has 0 aromatic carbocycles. The molecule has 0 spiro atoms. The molecule has 0 saturated heterocycles. The first-order chi connectivity index (χ1) is 12.5. The summed E-state index contributed by atoms with van der Waals surface area (Å²) in [6.45, 7) is 6.60. The molecule has 0 atom stereocenters. The van der Waals surface area contributed by atoms with Gasteiger partial charge >= 0.3 is 0 Å². The van der Waals surface area contributed by atoms with E-state index in [4.69, 9.17) is 0 Å². The van der Waals surface area contributed by atoms with Gasteiger partial charge in [-0.05, 0) is 12.3 Å². The number of nitrogens with one attached hydrogen (secondary N) is 2. The van der Waals surface area contributed by atoms with E-state index in [0.717, 1.165) is 31.8 Å². The molecular weight excluding hydrogens is 356 g/mol. The number of carbonyl (C=O) groups excluding carboxylic acids is 1. The van der Waals surface area contributed by atoms with Crippen LogP contribution in [0.1, 0.15) is 110 Å². The maximum Gasteiger partial charge on any atom is 0.219 e. The Morgan fingerprint density at radius 3 is 1.63 bits per heavy atom. The third kappa shape index (κ3) is 25.7. The smallest absolute Gasteiger partial charge is 0.219 e. The number of unbranched alkanes of at least 4 members (excludes halogenated alkanes) is 11. The summed E-state index contributed by atoms with van der Waals surface area (Å²) in [4.78, 5) is 13.1. The van der Waals surface area contributed by atoms with Crippen LogP contribution in [0.2, 0.25) is 0 Å². The number of rotatable bonds is 19. The summed E-state index contributed by atoms with van der Waals surface area (Å²) < 4.78 is 0. The van der Waals surface area contributed by atoms with Gasteiger partial charge in [-0.15, -0.1) is 0 Å². The van der Waals surface area contributed by atoms with Crippen molar-refractivity contribution in [3.63, 3.8) is 0 Å². The molecule has 0 unspecified atom stereocenters. The molecule has 2 N–H and O–H groups in total. The van der Waals surface area contributed by atoms with Crippen LogP contribution in [0, 0.1) is 5.92 Å². The average molecular weight is 405 g/mol. The Hall–Kier alpha value is -0.280. The van der Waals surface area contributed by atoms with Crippen LogP contribution in [-0.4, -0.2) is 33.1 Å². The minimum atomic E-state index is 0. The van der Waals surface area contributed by atoms with Gasteiger partial charge < -0.3 is 22.6 Å². The van der Waals surface area contributed by atoms with Gasteiger partial charge in [-0.3, -0.25) is 4.79 Å². The first-order valence-electron chi connectivity index (χ1n) is 11.6. The highest BCUT2D eigenvalue weighted by atomic mass is 35.5. The molecule has 0 aliphatic carbocycles. The highest BCUT2D eigenvalue weighted by molar-refractivity contribution is 5.75. The predicted octanol–water partition coefficient (Wildman–Crippen LogP) is 1.76. The SMILES string of the molecule is CC(C)CCCCCCCCCCCCCCC(=O)NCCC[NH+](C)C.[Cl-]. The number of hydrogen-bond donors (Lipinski definition) is 2. The van der Waals surface area contributed by atoms with Crippen LogP contribution in [0.15, 0.2) is 0 Å². The Balaban J connectivity index is 0. The van der Waals surface area contributed by atoms with Crippen LogP contribution in [0.5, 0.6) is 0 Å². The van der Waals surface area contributed by atoms with E-state index in [-0.39, 0.29) is 18.3 Å². The molecule has 0 aromatic rings. The third-order valence-corrected chi connectivity index (χ3v) is 5.11. The minimum absolute atomic E-state index is 0. The Labute approximate surface area is 176 Å². The van der Waals surface area contributed by atoms with Gasteiger partial charge in [-0.1, -0.05) is 90.9 Å². The van der Waals surface area contributed by atoms with Gasteiger partial charge in [-0.25, -0.2) is 0 Å². The summed E-state index contributed by atoms with van der Waals surface area (Å²) in [5.41, 5.74) is 0. The predicted molar refractivity (Wildman–Crippen MR) is 115 cm³/mol. The Bertz CT molecular complexity index is 309. The molecule has 0 rings (SSSR count). The molecule has 27 heavy (non-hydrogen) atoms. The van der Waals surface area contributed by atoms with Gasteiger partial charge in [0.2, 0.25) is 5.91 Å². The fourth-order valence-electron chi connectivity index (χ4n) is 3.36. The van der Waals surface area contributed by atoms with E-state index in [2.05, 4.69) is 33.3 Å². The highest BCUT2D eigenvalue weighted by Gasteiger charge is 2.01. The topological polar surface area (TPSA) is 33.5 Å². The molecule has 0 fully saturated rings. The number of halogens is 1. The number of amides is 1. The molecule has 1 amide bonds. The first kappa shape index (κ1) is 28.9. The standard InChI is InChI=1S/C23H48N2O.ClH/c1-22(2)18-15-13-11-9-7-5-6-8-10-12-14-16-19-23(26)24-20-17-21-25(3)4;/h22H,5-21H2,1-4H3,(H,24,26);1H. The zero-order valence-corrected chi connectivity index (χ0v) is 19.6. The lowest BCUT2D eigenvalue weighted by atomic mass is 10.0. The van der Waals surface area contributed by atoms with E-state index in [1.165, 1.54) is 81.9 Å². The van der Waals surface area contributed by atoms with Gasteiger partial charge in [0.25, 0.3) is 0 Å². The fraction of sp³-hybridized carbons (Fsp3) is 0.957. The molecule has 0 radical (unpaired) electrons. The zero-order chi connectivity index (χ0) is 19.5. The van der Waals surface area contributed by atoms with Gasteiger partial charge in [0.1, 0.15) is 0 Å². The second kappa shape index (κ2) is 22.0. The molecule has 0 bridgehead atoms. The summed E-state index contributed by atoms with van der Waals surface area (Å²) in [5, 5.41) is 3.03. The average Bonchev–Trinajstić information content (AvgIpc) is 2.58. The van der Waals surface area contributed by atoms with Crippen molar-refractivity contribution in [3.8, 4) is 0 Å². The maximum atomic E-state index is 11.7. The number of quaternary nitrogens is 1. The summed E-state index contributed by atoms with van der Waals surface area (Å²) in [5.74, 6) is 1.12. The molecule has 4 heteroatoms. The van der Waals surface area contributed by atoms with Gasteiger partial charge in [0.15, 0.2) is 0 Å². The molecule has 164 valence electrons. The number of carbonyl (C=O) groups is 1. The Morgan fingerprint density at radius 2 is 1.19 bits per heavy atom. The molecule has 0 saturated carbocycles. The van der Waals surface area contributed by atoms with E-state index in [9.17, 15) is 4.79 Å². The van der Waals surface area contributed by atoms with Crippen molar-refractivity contribution in [2.24, 2.45) is 5.92 Å². The van der Waals surface area contributed by atoms with E-state index < -0.39 is 0 Å². The second-order valence-corrected chi connectivity index (χ2v) is 8.84. The first-order valence-corrected chi connectivity index (χ1v) is 11.6. The third-order valence-electron chi connectivity index (χ3n) is 5.11. The largest absolute Gasteiger partial charge is 1.00 e. The molecule has 0 aliphatic rings. The lowest BCUT2D eigenvalue weighted by Gasteiger charge is -2.08. The maximum absolute atomic E-state index is 11.7. The van der Waals surface area contributed by atoms with E-state index >= 15 is 0 Å². The van der Waals surface area contributed by atoms with Gasteiger partial charge in [0, 0.05) is 19.4 Å². The summed E-state index contributed by atoms with van der Waals surface area (Å²) in [6, 6.07) is 0. The van der Waals surface area contributed by atoms with E-state index in [1.807, 2.05) is 0 Å². The van der Waals surface area contributed by atoms with Gasteiger partial charge in [0.05, 0.1) is 20.6 Å². The van der Waals surface area contributed by atoms with Crippen molar-refractivity contribution in [2.75, 3.05) is 27.2 Å². The van der Waals surface area contributed by atoms with Gasteiger partial charge in [-0.2, -0.15) is 0 Å². The lowest BCUT2D eigenvalue weighted by molar-refractivity contribution is -0.858.